The SMILES string of the molecule is C[C@@H](c1ccc(-c2cccnc2)cc1)N1CCC(CCO)(c2ccc(F)cc2)OC1=O. The summed E-state index contributed by atoms with van der Waals surface area (Å²) in [4.78, 5) is 18.8. The van der Waals surface area contributed by atoms with E-state index in [1.54, 1.807) is 23.2 Å². The maximum absolute atomic E-state index is 13.4. The fourth-order valence-electron chi connectivity index (χ4n) is 4.15. The van der Waals surface area contributed by atoms with Gasteiger partial charge in [-0.3, -0.25) is 4.98 Å². The minimum Gasteiger partial charge on any atom is -0.438 e. The molecule has 1 saturated heterocycles. The number of ether oxygens (including phenoxy) is 1. The number of benzene rings is 2. The minimum atomic E-state index is -0.945. The molecule has 5 nitrogen and oxygen atoms in total. The summed E-state index contributed by atoms with van der Waals surface area (Å²) in [5.74, 6) is -0.352. The van der Waals surface area contributed by atoms with Gasteiger partial charge in [-0.25, -0.2) is 9.18 Å². The van der Waals surface area contributed by atoms with Gasteiger partial charge < -0.3 is 14.7 Å². The van der Waals surface area contributed by atoms with E-state index >= 15 is 0 Å². The number of cyclic esters (lactones) is 1. The highest BCUT2D eigenvalue weighted by Gasteiger charge is 2.43. The van der Waals surface area contributed by atoms with Crippen LogP contribution >= 0.6 is 0 Å². The summed E-state index contributed by atoms with van der Waals surface area (Å²) in [7, 11) is 0. The van der Waals surface area contributed by atoms with Gasteiger partial charge in [0.2, 0.25) is 0 Å². The van der Waals surface area contributed by atoms with Crippen LogP contribution in [0.3, 0.4) is 0 Å². The van der Waals surface area contributed by atoms with Crippen molar-refractivity contribution in [1.82, 2.24) is 9.88 Å². The predicted molar refractivity (Wildman–Crippen MR) is 116 cm³/mol. The largest absolute Gasteiger partial charge is 0.438 e. The van der Waals surface area contributed by atoms with Crippen molar-refractivity contribution in [1.29, 1.82) is 0 Å². The Bertz CT molecular complexity index is 1020. The number of aromatic nitrogens is 1. The average molecular weight is 420 g/mol. The van der Waals surface area contributed by atoms with Crippen LogP contribution in [-0.4, -0.2) is 34.2 Å². The van der Waals surface area contributed by atoms with Gasteiger partial charge in [-0.1, -0.05) is 42.5 Å². The molecular weight excluding hydrogens is 395 g/mol. The quantitative estimate of drug-likeness (QED) is 0.605. The summed E-state index contributed by atoms with van der Waals surface area (Å²) in [5.41, 5.74) is 2.85. The fourth-order valence-corrected chi connectivity index (χ4v) is 4.15. The lowest BCUT2D eigenvalue weighted by molar-refractivity contribution is -0.0718. The molecule has 4 rings (SSSR count). The zero-order valence-electron chi connectivity index (χ0n) is 17.4. The molecule has 1 aromatic heterocycles. The van der Waals surface area contributed by atoms with Crippen LogP contribution in [-0.2, 0) is 10.3 Å². The van der Waals surface area contributed by atoms with Gasteiger partial charge in [0.25, 0.3) is 0 Å². The molecule has 1 N–H and O–H groups in total. The van der Waals surface area contributed by atoms with E-state index in [-0.39, 0.29) is 24.9 Å². The molecule has 2 aromatic carbocycles. The van der Waals surface area contributed by atoms with Crippen LogP contribution in [0.5, 0.6) is 0 Å². The molecule has 1 unspecified atom stereocenters. The van der Waals surface area contributed by atoms with Crippen LogP contribution in [0, 0.1) is 5.82 Å². The van der Waals surface area contributed by atoms with E-state index in [0.29, 0.717) is 18.5 Å². The Morgan fingerprint density at radius 2 is 1.87 bits per heavy atom. The first-order valence-electron chi connectivity index (χ1n) is 10.4. The number of carbonyl (C=O) groups is 1. The molecule has 0 radical (unpaired) electrons. The van der Waals surface area contributed by atoms with Crippen LogP contribution < -0.4 is 0 Å². The molecule has 1 fully saturated rings. The van der Waals surface area contributed by atoms with E-state index in [0.717, 1.165) is 16.7 Å². The lowest BCUT2D eigenvalue weighted by atomic mass is 9.85. The number of pyridine rings is 1. The number of carbonyl (C=O) groups excluding carboxylic acids is 1. The summed E-state index contributed by atoms with van der Waals surface area (Å²) in [6.07, 6.45) is 3.91. The van der Waals surface area contributed by atoms with Crippen molar-refractivity contribution in [3.05, 3.63) is 90.0 Å². The summed E-state index contributed by atoms with van der Waals surface area (Å²) in [5, 5.41) is 9.58. The molecule has 1 amide bonds. The highest BCUT2D eigenvalue weighted by Crippen LogP contribution is 2.39. The van der Waals surface area contributed by atoms with Crippen molar-refractivity contribution in [3.63, 3.8) is 0 Å². The molecule has 160 valence electrons. The van der Waals surface area contributed by atoms with Crippen LogP contribution in [0.1, 0.15) is 36.9 Å². The second-order valence-electron chi connectivity index (χ2n) is 7.83. The predicted octanol–water partition coefficient (Wildman–Crippen LogP) is 5.07. The molecule has 0 bridgehead atoms. The van der Waals surface area contributed by atoms with Gasteiger partial charge in [-0.15, -0.1) is 0 Å². The summed E-state index contributed by atoms with van der Waals surface area (Å²) < 4.78 is 19.2. The topological polar surface area (TPSA) is 62.7 Å². The van der Waals surface area contributed by atoms with Crippen LogP contribution in [0.4, 0.5) is 9.18 Å². The Balaban J connectivity index is 1.51. The Morgan fingerprint density at radius 3 is 2.48 bits per heavy atom. The van der Waals surface area contributed by atoms with Crippen LogP contribution in [0.2, 0.25) is 0 Å². The molecule has 0 spiro atoms. The molecule has 0 saturated carbocycles. The second-order valence-corrected chi connectivity index (χ2v) is 7.83. The van der Waals surface area contributed by atoms with Crippen molar-refractivity contribution in [2.45, 2.75) is 31.4 Å². The van der Waals surface area contributed by atoms with Gasteiger partial charge in [0.15, 0.2) is 0 Å². The number of amides is 1. The van der Waals surface area contributed by atoms with Gasteiger partial charge in [-0.2, -0.15) is 0 Å². The summed E-state index contributed by atoms with van der Waals surface area (Å²) in [6, 6.07) is 17.7. The monoisotopic (exact) mass is 420 g/mol. The van der Waals surface area contributed by atoms with Crippen LogP contribution in [0.15, 0.2) is 73.1 Å². The van der Waals surface area contributed by atoms with Crippen molar-refractivity contribution >= 4 is 6.09 Å². The standard InChI is InChI=1S/C25H25FN2O3/c1-18(19-4-6-20(7-5-19)21-3-2-14-27-17-21)28-15-12-25(13-16-29,31-24(28)30)22-8-10-23(26)11-9-22/h2-11,14,17-18,29H,12-13,15-16H2,1H3/t18-,25?/m0/s1. The Kier molecular flexibility index (Phi) is 6.00. The maximum atomic E-state index is 13.4. The number of hydrogen-bond donors (Lipinski definition) is 1. The van der Waals surface area contributed by atoms with E-state index in [2.05, 4.69) is 4.98 Å². The number of hydrogen-bond acceptors (Lipinski definition) is 4. The first kappa shape index (κ1) is 21.0. The number of halogens is 1. The number of aliphatic hydroxyl groups is 1. The third-order valence-corrected chi connectivity index (χ3v) is 6.02. The third-order valence-electron chi connectivity index (χ3n) is 6.02. The number of nitrogens with zero attached hydrogens (tertiary/aromatic N) is 2. The van der Waals surface area contributed by atoms with Gasteiger partial charge in [0, 0.05) is 38.4 Å². The van der Waals surface area contributed by atoms with Gasteiger partial charge in [0.05, 0.1) is 6.04 Å². The fraction of sp³-hybridized carbons (Fsp3) is 0.280. The van der Waals surface area contributed by atoms with E-state index < -0.39 is 11.7 Å². The molecule has 1 aliphatic rings. The molecule has 2 atom stereocenters. The first-order chi connectivity index (χ1) is 15.0. The smallest absolute Gasteiger partial charge is 0.411 e. The van der Waals surface area contributed by atoms with Crippen molar-refractivity contribution < 1.29 is 19.0 Å². The average Bonchev–Trinajstić information content (AvgIpc) is 2.80. The highest BCUT2D eigenvalue weighted by atomic mass is 19.1. The summed E-state index contributed by atoms with van der Waals surface area (Å²) in [6.45, 7) is 2.31. The van der Waals surface area contributed by atoms with E-state index in [1.165, 1.54) is 12.1 Å². The molecule has 31 heavy (non-hydrogen) atoms. The lowest BCUT2D eigenvalue weighted by Crippen LogP contribution is -2.49. The molecular formula is C25H25FN2O3. The maximum Gasteiger partial charge on any atom is 0.411 e. The summed E-state index contributed by atoms with van der Waals surface area (Å²) >= 11 is 0. The van der Waals surface area contributed by atoms with Crippen molar-refractivity contribution in [3.8, 4) is 11.1 Å². The van der Waals surface area contributed by atoms with E-state index in [9.17, 15) is 14.3 Å². The Labute approximate surface area is 181 Å². The zero-order valence-corrected chi connectivity index (χ0v) is 17.4. The molecule has 1 aliphatic heterocycles. The Morgan fingerprint density at radius 1 is 1.13 bits per heavy atom. The number of aliphatic hydroxyl groups excluding tert-OH is 1. The molecule has 6 heteroatoms. The van der Waals surface area contributed by atoms with Gasteiger partial charge >= 0.3 is 6.09 Å². The Hall–Kier alpha value is -3.25. The third kappa shape index (κ3) is 4.30. The van der Waals surface area contributed by atoms with Crippen molar-refractivity contribution in [2.75, 3.05) is 13.2 Å². The zero-order chi connectivity index (χ0) is 21.8. The lowest BCUT2D eigenvalue weighted by Gasteiger charge is -2.43. The van der Waals surface area contributed by atoms with Gasteiger partial charge in [-0.05, 0) is 47.4 Å². The molecule has 0 aliphatic carbocycles. The second kappa shape index (κ2) is 8.86. The first-order valence-corrected chi connectivity index (χ1v) is 10.4. The number of rotatable bonds is 6. The molecule has 3 aromatic rings. The normalized spacial score (nSPS) is 19.7. The van der Waals surface area contributed by atoms with Gasteiger partial charge in [0.1, 0.15) is 11.4 Å². The highest BCUT2D eigenvalue weighted by molar-refractivity contribution is 5.70. The minimum absolute atomic E-state index is 0.129. The van der Waals surface area contributed by atoms with E-state index in [4.69, 9.17) is 4.74 Å². The van der Waals surface area contributed by atoms with Crippen molar-refractivity contribution in [2.24, 2.45) is 0 Å². The molecule has 2 heterocycles. The van der Waals surface area contributed by atoms with Crippen LogP contribution in [0.25, 0.3) is 11.1 Å². The van der Waals surface area contributed by atoms with E-state index in [1.807, 2.05) is 49.5 Å².